The van der Waals surface area contributed by atoms with E-state index < -0.39 is 0 Å². The lowest BCUT2D eigenvalue weighted by Gasteiger charge is -2.14. The van der Waals surface area contributed by atoms with Crippen molar-refractivity contribution in [3.05, 3.63) is 23.2 Å². The molecule has 1 aliphatic rings. The van der Waals surface area contributed by atoms with Crippen LogP contribution in [0.5, 0.6) is 0 Å². The van der Waals surface area contributed by atoms with Crippen LogP contribution in [0.3, 0.4) is 0 Å². The molecule has 1 saturated carbocycles. The highest BCUT2D eigenvalue weighted by Gasteiger charge is 2.33. The van der Waals surface area contributed by atoms with E-state index in [0.29, 0.717) is 6.04 Å². The summed E-state index contributed by atoms with van der Waals surface area (Å²) in [6.07, 6.45) is 1.39. The normalized spacial score (nSPS) is 22.5. The smallest absolute Gasteiger partial charge is 0.120 e. The van der Waals surface area contributed by atoms with Crippen molar-refractivity contribution < 1.29 is 4.42 Å². The molecule has 3 nitrogen and oxygen atoms in total. The average Bonchev–Trinajstić information content (AvgIpc) is 2.85. The summed E-state index contributed by atoms with van der Waals surface area (Å²) in [5.41, 5.74) is 1.26. The van der Waals surface area contributed by atoms with Crippen molar-refractivity contribution in [3.8, 4) is 0 Å². The van der Waals surface area contributed by atoms with Gasteiger partial charge in [0.15, 0.2) is 0 Å². The number of aryl methyl sites for hydroxylation is 1. The van der Waals surface area contributed by atoms with E-state index in [1.54, 1.807) is 0 Å². The first-order chi connectivity index (χ1) is 8.95. The van der Waals surface area contributed by atoms with E-state index in [2.05, 4.69) is 51.0 Å². The topological polar surface area (TPSA) is 28.4 Å². The van der Waals surface area contributed by atoms with Crippen LogP contribution >= 0.6 is 0 Å². The van der Waals surface area contributed by atoms with Gasteiger partial charge in [-0.1, -0.05) is 20.8 Å². The van der Waals surface area contributed by atoms with Gasteiger partial charge in [-0.25, -0.2) is 0 Å². The lowest BCUT2D eigenvalue weighted by atomic mass is 10.2. The summed E-state index contributed by atoms with van der Waals surface area (Å²) >= 11 is 0. The molecule has 0 amide bonds. The third-order valence-corrected chi connectivity index (χ3v) is 3.99. The summed E-state index contributed by atoms with van der Waals surface area (Å²) in [5, 5.41) is 3.41. The molecule has 1 aromatic heterocycles. The summed E-state index contributed by atoms with van der Waals surface area (Å²) in [7, 11) is 2.19. The first-order valence-corrected chi connectivity index (χ1v) is 7.45. The molecular formula is C16H28N2O. The van der Waals surface area contributed by atoms with E-state index in [4.69, 9.17) is 4.42 Å². The van der Waals surface area contributed by atoms with Crippen LogP contribution in [0.4, 0.5) is 0 Å². The highest BCUT2D eigenvalue weighted by molar-refractivity contribution is 5.20. The van der Waals surface area contributed by atoms with Crippen LogP contribution in [0.1, 0.15) is 44.3 Å². The minimum atomic E-state index is 0.493. The van der Waals surface area contributed by atoms with Gasteiger partial charge in [0.1, 0.15) is 11.5 Å². The third-order valence-electron chi connectivity index (χ3n) is 3.99. The second-order valence-electron chi connectivity index (χ2n) is 6.52. The van der Waals surface area contributed by atoms with Crippen LogP contribution < -0.4 is 5.32 Å². The number of furan rings is 1. The van der Waals surface area contributed by atoms with Crippen molar-refractivity contribution in [1.82, 2.24) is 10.2 Å². The van der Waals surface area contributed by atoms with Crippen molar-refractivity contribution >= 4 is 0 Å². The van der Waals surface area contributed by atoms with Gasteiger partial charge in [-0.15, -0.1) is 0 Å². The number of hydrogen-bond acceptors (Lipinski definition) is 3. The Morgan fingerprint density at radius 3 is 2.74 bits per heavy atom. The molecule has 1 aromatic rings. The monoisotopic (exact) mass is 264 g/mol. The van der Waals surface area contributed by atoms with Crippen molar-refractivity contribution in [3.63, 3.8) is 0 Å². The number of rotatable bonds is 7. The Kier molecular flexibility index (Phi) is 4.69. The van der Waals surface area contributed by atoms with Crippen LogP contribution in [0.2, 0.25) is 0 Å². The standard InChI is InChI=1S/C16H28N2O/c1-11(2)17-8-16-13(4)7-15(19-16)10-18(5)9-14-6-12(14)3/h7,11-12,14,17H,6,8-10H2,1-5H3. The highest BCUT2D eigenvalue weighted by atomic mass is 16.3. The number of nitrogens with one attached hydrogen (secondary N) is 1. The van der Waals surface area contributed by atoms with Gasteiger partial charge in [0.05, 0.1) is 13.1 Å². The van der Waals surface area contributed by atoms with Gasteiger partial charge in [-0.3, -0.25) is 4.90 Å². The molecule has 0 bridgehead atoms. The summed E-state index contributed by atoms with van der Waals surface area (Å²) in [6.45, 7) is 11.7. The van der Waals surface area contributed by atoms with Crippen molar-refractivity contribution in [2.24, 2.45) is 11.8 Å². The van der Waals surface area contributed by atoms with Crippen LogP contribution in [-0.4, -0.2) is 24.5 Å². The fourth-order valence-corrected chi connectivity index (χ4v) is 2.52. The second-order valence-corrected chi connectivity index (χ2v) is 6.52. The molecule has 0 aliphatic heterocycles. The largest absolute Gasteiger partial charge is 0.463 e. The predicted octanol–water partition coefficient (Wildman–Crippen LogP) is 3.17. The molecule has 1 heterocycles. The molecule has 19 heavy (non-hydrogen) atoms. The van der Waals surface area contributed by atoms with Gasteiger partial charge in [0.2, 0.25) is 0 Å². The Hall–Kier alpha value is -0.800. The lowest BCUT2D eigenvalue weighted by Crippen LogP contribution is -2.22. The van der Waals surface area contributed by atoms with Gasteiger partial charge in [-0.2, -0.15) is 0 Å². The molecule has 0 aromatic carbocycles. The van der Waals surface area contributed by atoms with E-state index in [-0.39, 0.29) is 0 Å². The predicted molar refractivity (Wildman–Crippen MR) is 79.0 cm³/mol. The zero-order valence-electron chi connectivity index (χ0n) is 13.0. The lowest BCUT2D eigenvalue weighted by molar-refractivity contribution is 0.275. The summed E-state index contributed by atoms with van der Waals surface area (Å²) in [6, 6.07) is 2.68. The van der Waals surface area contributed by atoms with E-state index in [1.807, 2.05) is 0 Å². The molecule has 0 saturated heterocycles. The van der Waals surface area contributed by atoms with Crippen molar-refractivity contribution in [1.29, 1.82) is 0 Å². The van der Waals surface area contributed by atoms with E-state index >= 15 is 0 Å². The van der Waals surface area contributed by atoms with Crippen molar-refractivity contribution in [2.75, 3.05) is 13.6 Å². The summed E-state index contributed by atoms with van der Waals surface area (Å²) in [4.78, 5) is 2.38. The molecule has 1 N–H and O–H groups in total. The van der Waals surface area contributed by atoms with Gasteiger partial charge in [-0.05, 0) is 43.9 Å². The summed E-state index contributed by atoms with van der Waals surface area (Å²) < 4.78 is 5.96. The van der Waals surface area contributed by atoms with Gasteiger partial charge in [0, 0.05) is 12.6 Å². The van der Waals surface area contributed by atoms with Gasteiger partial charge in [0.25, 0.3) is 0 Å². The average molecular weight is 264 g/mol. The molecule has 1 aliphatic carbocycles. The molecule has 1 fully saturated rings. The maximum atomic E-state index is 5.96. The van der Waals surface area contributed by atoms with Crippen LogP contribution in [-0.2, 0) is 13.1 Å². The SMILES string of the molecule is Cc1cc(CN(C)CC2CC2C)oc1CNC(C)C. The zero-order chi connectivity index (χ0) is 14.0. The summed E-state index contributed by atoms with van der Waals surface area (Å²) in [5.74, 6) is 4.00. The van der Waals surface area contributed by atoms with E-state index in [9.17, 15) is 0 Å². The fraction of sp³-hybridized carbons (Fsp3) is 0.750. The van der Waals surface area contributed by atoms with Crippen molar-refractivity contribution in [2.45, 2.75) is 53.2 Å². The molecule has 2 rings (SSSR count). The first-order valence-electron chi connectivity index (χ1n) is 7.45. The van der Waals surface area contributed by atoms with Gasteiger partial charge >= 0.3 is 0 Å². The first kappa shape index (κ1) is 14.6. The second kappa shape index (κ2) is 6.10. The zero-order valence-corrected chi connectivity index (χ0v) is 13.0. The third kappa shape index (κ3) is 4.36. The molecule has 2 atom stereocenters. The van der Waals surface area contributed by atoms with Gasteiger partial charge < -0.3 is 9.73 Å². The van der Waals surface area contributed by atoms with Crippen LogP contribution in [0.15, 0.2) is 10.5 Å². The van der Waals surface area contributed by atoms with E-state index in [1.165, 1.54) is 18.5 Å². The Bertz CT molecular complexity index is 411. The molecule has 3 heteroatoms. The maximum absolute atomic E-state index is 5.96. The molecular weight excluding hydrogens is 236 g/mol. The highest BCUT2D eigenvalue weighted by Crippen LogP contribution is 2.38. The Labute approximate surface area is 117 Å². The van der Waals surface area contributed by atoms with Crippen LogP contribution in [0.25, 0.3) is 0 Å². The van der Waals surface area contributed by atoms with Crippen LogP contribution in [0, 0.1) is 18.8 Å². The molecule has 2 unspecified atom stereocenters. The quantitative estimate of drug-likeness (QED) is 0.820. The minimum Gasteiger partial charge on any atom is -0.463 e. The Balaban J connectivity index is 1.84. The molecule has 108 valence electrons. The molecule has 0 radical (unpaired) electrons. The Morgan fingerprint density at radius 2 is 2.16 bits per heavy atom. The minimum absolute atomic E-state index is 0.493. The maximum Gasteiger partial charge on any atom is 0.120 e. The Morgan fingerprint density at radius 1 is 1.47 bits per heavy atom. The number of nitrogens with zero attached hydrogens (tertiary/aromatic N) is 1. The molecule has 0 spiro atoms. The van der Waals surface area contributed by atoms with E-state index in [0.717, 1.165) is 36.4 Å². The fourth-order valence-electron chi connectivity index (χ4n) is 2.52. The number of hydrogen-bond donors (Lipinski definition) is 1.